The van der Waals surface area contributed by atoms with Crippen LogP contribution in [0, 0.1) is 0 Å². The van der Waals surface area contributed by atoms with Crippen molar-refractivity contribution in [3.63, 3.8) is 0 Å². The van der Waals surface area contributed by atoms with Gasteiger partial charge < -0.3 is 10.1 Å². The molecule has 0 unspecified atom stereocenters. The van der Waals surface area contributed by atoms with Crippen LogP contribution in [-0.2, 0) is 9.59 Å². The molecule has 1 amide bonds. The van der Waals surface area contributed by atoms with Crippen molar-refractivity contribution in [1.82, 2.24) is 0 Å². The fourth-order valence-electron chi connectivity index (χ4n) is 1.04. The lowest BCUT2D eigenvalue weighted by molar-refractivity contribution is -0.134. The van der Waals surface area contributed by atoms with E-state index in [0.717, 1.165) is 0 Å². The van der Waals surface area contributed by atoms with Crippen LogP contribution in [0.1, 0.15) is 20.3 Å². The van der Waals surface area contributed by atoms with Crippen molar-refractivity contribution in [2.45, 2.75) is 20.3 Å². The van der Waals surface area contributed by atoms with Crippen molar-refractivity contribution < 1.29 is 14.3 Å². The molecule has 0 radical (unpaired) electrons. The molecule has 1 aromatic carbocycles. The van der Waals surface area contributed by atoms with E-state index in [9.17, 15) is 9.59 Å². The Labute approximate surface area is 88.2 Å². The van der Waals surface area contributed by atoms with Crippen LogP contribution in [0.3, 0.4) is 0 Å². The molecule has 15 heavy (non-hydrogen) atoms. The molecule has 0 aliphatic heterocycles. The number of hydrogen-bond donors (Lipinski definition) is 1. The summed E-state index contributed by atoms with van der Waals surface area (Å²) >= 11 is 0. The number of nitrogens with one attached hydrogen (secondary N) is 1. The molecule has 0 aliphatic rings. The van der Waals surface area contributed by atoms with Crippen molar-refractivity contribution in [2.24, 2.45) is 0 Å². The standard InChI is InChI=1S/C11H13NO3/c1-3-11(14)15-10-6-4-5-9(7-10)12-8(2)13/h4-7H,3H2,1-2H3,(H,12,13). The van der Waals surface area contributed by atoms with Gasteiger partial charge in [-0.2, -0.15) is 0 Å². The van der Waals surface area contributed by atoms with Gasteiger partial charge in [-0.3, -0.25) is 9.59 Å². The molecular formula is C11H13NO3. The molecule has 0 atom stereocenters. The second-order valence-electron chi connectivity index (χ2n) is 3.04. The van der Waals surface area contributed by atoms with Crippen molar-refractivity contribution >= 4 is 17.6 Å². The Hall–Kier alpha value is -1.84. The Morgan fingerprint density at radius 3 is 2.73 bits per heavy atom. The minimum Gasteiger partial charge on any atom is -0.426 e. The second-order valence-corrected chi connectivity index (χ2v) is 3.04. The van der Waals surface area contributed by atoms with Gasteiger partial charge in [0.1, 0.15) is 5.75 Å². The Kier molecular flexibility index (Phi) is 3.85. The van der Waals surface area contributed by atoms with Crippen LogP contribution < -0.4 is 10.1 Å². The number of rotatable bonds is 3. The first-order chi connectivity index (χ1) is 7.11. The number of esters is 1. The maximum atomic E-state index is 11.0. The van der Waals surface area contributed by atoms with E-state index in [1.54, 1.807) is 31.2 Å². The Morgan fingerprint density at radius 2 is 2.13 bits per heavy atom. The summed E-state index contributed by atoms with van der Waals surface area (Å²) in [4.78, 5) is 21.8. The molecule has 0 aliphatic carbocycles. The number of ether oxygens (including phenoxy) is 1. The molecule has 0 bridgehead atoms. The second kappa shape index (κ2) is 5.14. The normalized spacial score (nSPS) is 9.47. The van der Waals surface area contributed by atoms with Crippen LogP contribution in [0.4, 0.5) is 5.69 Å². The summed E-state index contributed by atoms with van der Waals surface area (Å²) in [5, 5.41) is 2.61. The lowest BCUT2D eigenvalue weighted by atomic mass is 10.3. The van der Waals surface area contributed by atoms with Crippen LogP contribution in [0.2, 0.25) is 0 Å². The molecule has 0 fully saturated rings. The van der Waals surface area contributed by atoms with Crippen LogP contribution in [0.15, 0.2) is 24.3 Å². The number of hydrogen-bond acceptors (Lipinski definition) is 3. The lowest BCUT2D eigenvalue weighted by Crippen LogP contribution is -2.08. The first-order valence-electron chi connectivity index (χ1n) is 4.70. The van der Waals surface area contributed by atoms with Gasteiger partial charge in [0, 0.05) is 25.1 Å². The van der Waals surface area contributed by atoms with Crippen LogP contribution in [-0.4, -0.2) is 11.9 Å². The zero-order valence-corrected chi connectivity index (χ0v) is 8.74. The molecule has 1 rings (SSSR count). The molecule has 4 nitrogen and oxygen atoms in total. The molecular weight excluding hydrogens is 194 g/mol. The van der Waals surface area contributed by atoms with Crippen molar-refractivity contribution in [3.8, 4) is 5.75 Å². The highest BCUT2D eigenvalue weighted by Crippen LogP contribution is 2.17. The van der Waals surface area contributed by atoms with E-state index in [1.807, 2.05) is 0 Å². The minimum absolute atomic E-state index is 0.158. The third-order valence-electron chi connectivity index (χ3n) is 1.67. The Bertz CT molecular complexity index is 374. The summed E-state index contributed by atoms with van der Waals surface area (Å²) in [5.74, 6) is -0.0166. The van der Waals surface area contributed by atoms with Gasteiger partial charge in [0.15, 0.2) is 0 Å². The Morgan fingerprint density at radius 1 is 1.40 bits per heavy atom. The van der Waals surface area contributed by atoms with Gasteiger partial charge in [-0.25, -0.2) is 0 Å². The van der Waals surface area contributed by atoms with Crippen molar-refractivity contribution in [2.75, 3.05) is 5.32 Å². The van der Waals surface area contributed by atoms with Crippen molar-refractivity contribution in [3.05, 3.63) is 24.3 Å². The third-order valence-corrected chi connectivity index (χ3v) is 1.67. The topological polar surface area (TPSA) is 55.4 Å². The SMILES string of the molecule is CCC(=O)Oc1cccc(NC(C)=O)c1. The summed E-state index contributed by atoms with van der Waals surface area (Å²) in [6.45, 7) is 3.14. The highest BCUT2D eigenvalue weighted by Gasteiger charge is 2.02. The average Bonchev–Trinajstić information content (AvgIpc) is 2.17. The highest BCUT2D eigenvalue weighted by atomic mass is 16.5. The van der Waals surface area contributed by atoms with Gasteiger partial charge in [-0.05, 0) is 12.1 Å². The molecule has 0 spiro atoms. The molecule has 0 aromatic heterocycles. The predicted octanol–water partition coefficient (Wildman–Crippen LogP) is 1.96. The van der Waals surface area contributed by atoms with E-state index in [-0.39, 0.29) is 11.9 Å². The fraction of sp³-hybridized carbons (Fsp3) is 0.273. The predicted molar refractivity (Wildman–Crippen MR) is 56.7 cm³/mol. The first kappa shape index (κ1) is 11.2. The number of benzene rings is 1. The van der Waals surface area contributed by atoms with Gasteiger partial charge in [0.2, 0.25) is 5.91 Å². The largest absolute Gasteiger partial charge is 0.426 e. The van der Waals surface area contributed by atoms with E-state index in [1.165, 1.54) is 6.92 Å². The lowest BCUT2D eigenvalue weighted by Gasteiger charge is -2.05. The van der Waals surface area contributed by atoms with E-state index in [2.05, 4.69) is 5.32 Å². The molecule has 1 aromatic rings. The Balaban J connectivity index is 2.74. The maximum Gasteiger partial charge on any atom is 0.310 e. The van der Waals surface area contributed by atoms with E-state index in [0.29, 0.717) is 17.9 Å². The summed E-state index contributed by atoms with van der Waals surface area (Å²) < 4.78 is 5.00. The highest BCUT2D eigenvalue weighted by molar-refractivity contribution is 5.88. The summed E-state index contributed by atoms with van der Waals surface area (Å²) in [6.07, 6.45) is 0.324. The summed E-state index contributed by atoms with van der Waals surface area (Å²) in [6, 6.07) is 6.71. The molecule has 80 valence electrons. The molecule has 0 saturated carbocycles. The molecule has 1 N–H and O–H groups in total. The molecule has 4 heteroatoms. The quantitative estimate of drug-likeness (QED) is 0.609. The zero-order valence-electron chi connectivity index (χ0n) is 8.74. The summed E-state index contributed by atoms with van der Waals surface area (Å²) in [5.41, 5.74) is 0.615. The zero-order chi connectivity index (χ0) is 11.3. The molecule has 0 heterocycles. The van der Waals surface area contributed by atoms with E-state index >= 15 is 0 Å². The van der Waals surface area contributed by atoms with Crippen LogP contribution in [0.25, 0.3) is 0 Å². The summed E-state index contributed by atoms with van der Waals surface area (Å²) in [7, 11) is 0. The van der Waals surface area contributed by atoms with Gasteiger partial charge in [-0.1, -0.05) is 13.0 Å². The number of carbonyl (C=O) groups is 2. The van der Waals surface area contributed by atoms with Crippen LogP contribution in [0.5, 0.6) is 5.75 Å². The smallest absolute Gasteiger partial charge is 0.310 e. The fourth-order valence-corrected chi connectivity index (χ4v) is 1.04. The van der Waals surface area contributed by atoms with Crippen molar-refractivity contribution in [1.29, 1.82) is 0 Å². The average molecular weight is 207 g/mol. The third kappa shape index (κ3) is 3.81. The number of carbonyl (C=O) groups excluding carboxylic acids is 2. The number of anilines is 1. The molecule has 0 saturated heterocycles. The van der Waals surface area contributed by atoms with Crippen LogP contribution >= 0.6 is 0 Å². The monoisotopic (exact) mass is 207 g/mol. The van der Waals surface area contributed by atoms with Gasteiger partial charge in [0.25, 0.3) is 0 Å². The van der Waals surface area contributed by atoms with Gasteiger partial charge >= 0.3 is 5.97 Å². The van der Waals surface area contributed by atoms with E-state index in [4.69, 9.17) is 4.74 Å². The first-order valence-corrected chi connectivity index (χ1v) is 4.70. The minimum atomic E-state index is -0.296. The van der Waals surface area contributed by atoms with Gasteiger partial charge in [-0.15, -0.1) is 0 Å². The number of amides is 1. The van der Waals surface area contributed by atoms with E-state index < -0.39 is 0 Å². The maximum absolute atomic E-state index is 11.0. The van der Waals surface area contributed by atoms with Gasteiger partial charge in [0.05, 0.1) is 0 Å².